The van der Waals surface area contributed by atoms with E-state index in [2.05, 4.69) is 15.0 Å². The molecule has 0 unspecified atom stereocenters. The van der Waals surface area contributed by atoms with Gasteiger partial charge >= 0.3 is 6.01 Å². The Bertz CT molecular complexity index is 618. The molecule has 0 aliphatic carbocycles. The van der Waals surface area contributed by atoms with Crippen LogP contribution in [0.2, 0.25) is 0 Å². The molecule has 1 aliphatic heterocycles. The summed E-state index contributed by atoms with van der Waals surface area (Å²) in [7, 11) is 1.44. The smallest absolute Gasteiger partial charge is 0.318 e. The Balaban J connectivity index is 2.02. The summed E-state index contributed by atoms with van der Waals surface area (Å²) in [5.41, 5.74) is 0.912. The van der Waals surface area contributed by atoms with Gasteiger partial charge in [0.1, 0.15) is 23.8 Å². The van der Waals surface area contributed by atoms with Crippen molar-refractivity contribution in [3.8, 4) is 6.01 Å². The Kier molecular flexibility index (Phi) is 3.26. The predicted octanol–water partition coefficient (Wildman–Crippen LogP) is -1.55. The molecule has 3 N–H and O–H groups in total. The van der Waals surface area contributed by atoms with Gasteiger partial charge in [0.2, 0.25) is 0 Å². The number of imidazole rings is 1. The van der Waals surface area contributed by atoms with Crippen LogP contribution < -0.4 is 4.74 Å². The monoisotopic (exact) mass is 282 g/mol. The molecular weight excluding hydrogens is 268 g/mol. The Labute approximate surface area is 113 Å². The number of aliphatic hydroxyl groups is 3. The van der Waals surface area contributed by atoms with Crippen molar-refractivity contribution in [1.29, 1.82) is 0 Å². The SMILES string of the molecule is COc1ncc2ncn([C@@H]3O[C@H](CO)[C@@H](O)[C@H]3O)c2n1. The van der Waals surface area contributed by atoms with Crippen LogP contribution in [0.4, 0.5) is 0 Å². The molecule has 1 fully saturated rings. The first-order chi connectivity index (χ1) is 9.65. The van der Waals surface area contributed by atoms with Crippen LogP contribution >= 0.6 is 0 Å². The van der Waals surface area contributed by atoms with E-state index in [-0.39, 0.29) is 12.6 Å². The van der Waals surface area contributed by atoms with Crippen LogP contribution in [0.1, 0.15) is 6.23 Å². The van der Waals surface area contributed by atoms with Gasteiger partial charge in [0.25, 0.3) is 0 Å². The summed E-state index contributed by atoms with van der Waals surface area (Å²) in [5, 5.41) is 28.9. The van der Waals surface area contributed by atoms with Crippen LogP contribution in [0.15, 0.2) is 12.5 Å². The molecule has 108 valence electrons. The molecule has 9 nitrogen and oxygen atoms in total. The first kappa shape index (κ1) is 13.2. The van der Waals surface area contributed by atoms with E-state index in [0.717, 1.165) is 0 Å². The number of aliphatic hydroxyl groups excluding tert-OH is 3. The molecule has 2 aromatic rings. The second-order valence-corrected chi connectivity index (χ2v) is 4.45. The molecule has 2 aromatic heterocycles. The quantitative estimate of drug-likeness (QED) is 0.618. The van der Waals surface area contributed by atoms with Crippen molar-refractivity contribution in [2.45, 2.75) is 24.5 Å². The number of rotatable bonds is 3. The highest BCUT2D eigenvalue weighted by Crippen LogP contribution is 2.31. The summed E-state index contributed by atoms with van der Waals surface area (Å²) in [6, 6.07) is 0.158. The van der Waals surface area contributed by atoms with Gasteiger partial charge in [-0.15, -0.1) is 0 Å². The zero-order chi connectivity index (χ0) is 14.3. The second kappa shape index (κ2) is 4.94. The Morgan fingerprint density at radius 1 is 1.35 bits per heavy atom. The third-order valence-corrected chi connectivity index (χ3v) is 3.27. The molecule has 0 aromatic carbocycles. The Hall–Kier alpha value is -1.81. The highest BCUT2D eigenvalue weighted by atomic mass is 16.6. The number of fused-ring (bicyclic) bond motifs is 1. The molecule has 0 saturated carbocycles. The van der Waals surface area contributed by atoms with Gasteiger partial charge in [0.15, 0.2) is 11.9 Å². The van der Waals surface area contributed by atoms with Gasteiger partial charge in [0.05, 0.1) is 26.2 Å². The van der Waals surface area contributed by atoms with Gasteiger partial charge in [0, 0.05) is 0 Å². The molecule has 0 spiro atoms. The van der Waals surface area contributed by atoms with E-state index in [1.165, 1.54) is 24.2 Å². The molecule has 9 heteroatoms. The van der Waals surface area contributed by atoms with Crippen molar-refractivity contribution >= 4 is 11.2 Å². The van der Waals surface area contributed by atoms with Crippen LogP contribution in [-0.2, 0) is 4.74 Å². The Morgan fingerprint density at radius 3 is 2.80 bits per heavy atom. The topological polar surface area (TPSA) is 123 Å². The molecule has 3 rings (SSSR count). The highest BCUT2D eigenvalue weighted by molar-refractivity contribution is 5.69. The average Bonchev–Trinajstić information content (AvgIpc) is 3.01. The fourth-order valence-electron chi connectivity index (χ4n) is 2.21. The summed E-state index contributed by atoms with van der Waals surface area (Å²) in [5.74, 6) is 0. The van der Waals surface area contributed by atoms with Crippen molar-refractivity contribution in [2.75, 3.05) is 13.7 Å². The van der Waals surface area contributed by atoms with Crippen LogP contribution in [-0.4, -0.2) is 66.9 Å². The van der Waals surface area contributed by atoms with Gasteiger partial charge in [-0.2, -0.15) is 4.98 Å². The molecule has 20 heavy (non-hydrogen) atoms. The third-order valence-electron chi connectivity index (χ3n) is 3.27. The van der Waals surface area contributed by atoms with Crippen molar-refractivity contribution < 1.29 is 24.8 Å². The fraction of sp³-hybridized carbons (Fsp3) is 0.545. The van der Waals surface area contributed by atoms with Gasteiger partial charge in [-0.3, -0.25) is 4.57 Å². The maximum absolute atomic E-state index is 10.0. The summed E-state index contributed by atoms with van der Waals surface area (Å²) in [6.07, 6.45) is -1.18. The molecule has 1 saturated heterocycles. The van der Waals surface area contributed by atoms with E-state index in [0.29, 0.717) is 11.2 Å². The molecule has 0 amide bonds. The number of hydrogen-bond donors (Lipinski definition) is 3. The van der Waals surface area contributed by atoms with E-state index in [1.807, 2.05) is 0 Å². The maximum Gasteiger partial charge on any atom is 0.318 e. The van der Waals surface area contributed by atoms with Gasteiger partial charge in [-0.1, -0.05) is 0 Å². The lowest BCUT2D eigenvalue weighted by Crippen LogP contribution is -2.33. The number of aromatic nitrogens is 4. The molecule has 3 heterocycles. The summed E-state index contributed by atoms with van der Waals surface area (Å²) in [6.45, 7) is -0.389. The third kappa shape index (κ3) is 1.91. The highest BCUT2D eigenvalue weighted by Gasteiger charge is 2.43. The van der Waals surface area contributed by atoms with Gasteiger partial charge in [-0.05, 0) is 0 Å². The lowest BCUT2D eigenvalue weighted by molar-refractivity contribution is -0.0511. The van der Waals surface area contributed by atoms with E-state index < -0.39 is 24.5 Å². The first-order valence-electron chi connectivity index (χ1n) is 6.01. The zero-order valence-electron chi connectivity index (χ0n) is 10.6. The fourth-order valence-corrected chi connectivity index (χ4v) is 2.21. The van der Waals surface area contributed by atoms with Crippen LogP contribution in [0.3, 0.4) is 0 Å². The molecular formula is C11H14N4O5. The average molecular weight is 282 g/mol. The van der Waals surface area contributed by atoms with Crippen molar-refractivity contribution in [2.24, 2.45) is 0 Å². The number of methoxy groups -OCH3 is 1. The van der Waals surface area contributed by atoms with Crippen molar-refractivity contribution in [3.63, 3.8) is 0 Å². The summed E-state index contributed by atoms with van der Waals surface area (Å²) in [4.78, 5) is 12.2. The summed E-state index contributed by atoms with van der Waals surface area (Å²) < 4.78 is 11.9. The van der Waals surface area contributed by atoms with E-state index in [1.54, 1.807) is 0 Å². The van der Waals surface area contributed by atoms with Crippen molar-refractivity contribution in [1.82, 2.24) is 19.5 Å². The molecule has 1 aliphatic rings. The summed E-state index contributed by atoms with van der Waals surface area (Å²) >= 11 is 0. The molecule has 0 radical (unpaired) electrons. The van der Waals surface area contributed by atoms with Crippen LogP contribution in [0.25, 0.3) is 11.2 Å². The minimum Gasteiger partial charge on any atom is -0.467 e. The number of nitrogens with zero attached hydrogens (tertiary/aromatic N) is 4. The minimum absolute atomic E-state index is 0.158. The number of ether oxygens (including phenoxy) is 2. The van der Waals surface area contributed by atoms with E-state index >= 15 is 0 Å². The zero-order valence-corrected chi connectivity index (χ0v) is 10.6. The predicted molar refractivity (Wildman–Crippen MR) is 64.9 cm³/mol. The lowest BCUT2D eigenvalue weighted by Gasteiger charge is -2.16. The van der Waals surface area contributed by atoms with Crippen molar-refractivity contribution in [3.05, 3.63) is 12.5 Å². The normalized spacial score (nSPS) is 30.0. The van der Waals surface area contributed by atoms with Crippen LogP contribution in [0, 0.1) is 0 Å². The lowest BCUT2D eigenvalue weighted by atomic mass is 10.1. The Morgan fingerprint density at radius 2 is 2.15 bits per heavy atom. The first-order valence-corrected chi connectivity index (χ1v) is 6.01. The standard InChI is InChI=1S/C11H14N4O5/c1-19-11-12-2-5-9(14-11)15(4-13-5)10-8(18)7(17)6(3-16)20-10/h2,4,6-8,10,16-18H,3H2,1H3/t6-,7-,8-,10-/m1/s1. The number of hydrogen-bond acceptors (Lipinski definition) is 8. The van der Waals surface area contributed by atoms with Gasteiger partial charge < -0.3 is 24.8 Å². The van der Waals surface area contributed by atoms with Gasteiger partial charge in [-0.25, -0.2) is 9.97 Å². The van der Waals surface area contributed by atoms with Crippen LogP contribution in [0.5, 0.6) is 6.01 Å². The van der Waals surface area contributed by atoms with E-state index in [9.17, 15) is 10.2 Å². The molecule has 0 bridgehead atoms. The largest absolute Gasteiger partial charge is 0.467 e. The van der Waals surface area contributed by atoms with E-state index in [4.69, 9.17) is 14.6 Å². The maximum atomic E-state index is 10.0. The second-order valence-electron chi connectivity index (χ2n) is 4.45. The minimum atomic E-state index is -1.19. The molecule has 4 atom stereocenters.